The van der Waals surface area contributed by atoms with Crippen LogP contribution in [0.4, 0.5) is 0 Å². The maximum atomic E-state index is 12.5. The van der Waals surface area contributed by atoms with E-state index in [9.17, 15) is 9.59 Å². The van der Waals surface area contributed by atoms with Crippen molar-refractivity contribution in [3.63, 3.8) is 0 Å². The van der Waals surface area contributed by atoms with Crippen LogP contribution in [0.2, 0.25) is 0 Å². The van der Waals surface area contributed by atoms with E-state index >= 15 is 0 Å². The van der Waals surface area contributed by atoms with Crippen LogP contribution in [-0.2, 0) is 23.8 Å². The van der Waals surface area contributed by atoms with Crippen molar-refractivity contribution in [2.24, 2.45) is 0 Å². The normalized spacial score (nSPS) is 12.9. The number of allylic oxidation sites excluding steroid dienone is 12. The van der Waals surface area contributed by atoms with E-state index in [1.54, 1.807) is 0 Å². The molecule has 0 aromatic heterocycles. The second-order valence-corrected chi connectivity index (χ2v) is 13.1. The number of carbonyl (C=O) groups excluding carboxylic acids is 2. The van der Waals surface area contributed by atoms with Crippen molar-refractivity contribution in [1.82, 2.24) is 0 Å². The summed E-state index contributed by atoms with van der Waals surface area (Å²) in [7, 11) is 0. The van der Waals surface area contributed by atoms with Gasteiger partial charge in [0.2, 0.25) is 0 Å². The number of hydrogen-bond acceptors (Lipinski definition) is 5. The largest absolute Gasteiger partial charge is 0.462 e. The van der Waals surface area contributed by atoms with Gasteiger partial charge in [0.05, 0.1) is 6.61 Å². The van der Waals surface area contributed by atoms with E-state index in [0.717, 1.165) is 103 Å². The molecule has 0 rings (SSSR count). The molecule has 0 saturated carbocycles. The Morgan fingerprint density at radius 2 is 0.900 bits per heavy atom. The third kappa shape index (κ3) is 38.1. The van der Waals surface area contributed by atoms with Gasteiger partial charge in [-0.1, -0.05) is 151 Å². The molecule has 0 fully saturated rings. The van der Waals surface area contributed by atoms with Crippen molar-refractivity contribution in [3.8, 4) is 0 Å². The molecular weight excluding hydrogens is 620 g/mol. The van der Waals surface area contributed by atoms with Crippen molar-refractivity contribution >= 4 is 11.9 Å². The van der Waals surface area contributed by atoms with Gasteiger partial charge < -0.3 is 14.2 Å². The lowest BCUT2D eigenvalue weighted by Crippen LogP contribution is -2.30. The maximum absolute atomic E-state index is 12.5. The zero-order valence-corrected chi connectivity index (χ0v) is 32.6. The summed E-state index contributed by atoms with van der Waals surface area (Å²) in [4.78, 5) is 24.9. The summed E-state index contributed by atoms with van der Waals surface area (Å²) in [6, 6.07) is 0. The van der Waals surface area contributed by atoms with Gasteiger partial charge in [-0.2, -0.15) is 0 Å². The zero-order chi connectivity index (χ0) is 36.4. The molecule has 0 spiro atoms. The van der Waals surface area contributed by atoms with Gasteiger partial charge in [0, 0.05) is 19.4 Å². The maximum Gasteiger partial charge on any atom is 0.306 e. The molecule has 0 N–H and O–H groups in total. The Labute approximate surface area is 308 Å². The summed E-state index contributed by atoms with van der Waals surface area (Å²) in [5.41, 5.74) is 0. The van der Waals surface area contributed by atoms with Crippen molar-refractivity contribution < 1.29 is 23.8 Å². The highest BCUT2D eigenvalue weighted by atomic mass is 16.6. The molecule has 0 aromatic carbocycles. The van der Waals surface area contributed by atoms with Crippen molar-refractivity contribution in [3.05, 3.63) is 72.9 Å². The molecule has 0 radical (unpaired) electrons. The van der Waals surface area contributed by atoms with E-state index in [1.807, 2.05) is 0 Å². The molecule has 0 heterocycles. The number of hydrogen-bond donors (Lipinski definition) is 0. The van der Waals surface area contributed by atoms with Crippen LogP contribution in [0.1, 0.15) is 175 Å². The lowest BCUT2D eigenvalue weighted by Gasteiger charge is -2.18. The number of ether oxygens (including phenoxy) is 3. The molecular formula is C45H76O5. The van der Waals surface area contributed by atoms with Gasteiger partial charge in [-0.15, -0.1) is 0 Å². The number of rotatable bonds is 36. The molecule has 0 bridgehead atoms. The summed E-state index contributed by atoms with van der Waals surface area (Å²) < 4.78 is 17.1. The molecule has 0 aliphatic rings. The first-order valence-electron chi connectivity index (χ1n) is 20.5. The Kier molecular flexibility index (Phi) is 38.6. The average Bonchev–Trinajstić information content (AvgIpc) is 3.11. The molecule has 5 heteroatoms. The zero-order valence-electron chi connectivity index (χ0n) is 32.6. The minimum absolute atomic E-state index is 0.0614. The van der Waals surface area contributed by atoms with Crippen LogP contribution in [0.3, 0.4) is 0 Å². The predicted octanol–water partition coefficient (Wildman–Crippen LogP) is 13.2. The van der Waals surface area contributed by atoms with Gasteiger partial charge in [0.15, 0.2) is 6.10 Å². The second kappa shape index (κ2) is 40.8. The molecule has 0 amide bonds. The van der Waals surface area contributed by atoms with Gasteiger partial charge in [-0.05, 0) is 83.5 Å². The smallest absolute Gasteiger partial charge is 0.306 e. The van der Waals surface area contributed by atoms with E-state index in [0.29, 0.717) is 19.4 Å². The van der Waals surface area contributed by atoms with Crippen LogP contribution in [0.5, 0.6) is 0 Å². The van der Waals surface area contributed by atoms with E-state index in [4.69, 9.17) is 14.2 Å². The Balaban J connectivity index is 4.17. The molecule has 0 aliphatic carbocycles. The second-order valence-electron chi connectivity index (χ2n) is 13.1. The van der Waals surface area contributed by atoms with Gasteiger partial charge in [-0.25, -0.2) is 0 Å². The number of esters is 2. The molecule has 0 saturated heterocycles. The number of carbonyl (C=O) groups is 2. The van der Waals surface area contributed by atoms with E-state index in [2.05, 4.69) is 93.7 Å². The fraction of sp³-hybridized carbons (Fsp3) is 0.689. The van der Waals surface area contributed by atoms with Gasteiger partial charge in [0.1, 0.15) is 6.61 Å². The van der Waals surface area contributed by atoms with Crippen LogP contribution >= 0.6 is 0 Å². The molecule has 0 aliphatic heterocycles. The van der Waals surface area contributed by atoms with E-state index in [-0.39, 0.29) is 25.2 Å². The fourth-order valence-electron chi connectivity index (χ4n) is 5.24. The van der Waals surface area contributed by atoms with Crippen molar-refractivity contribution in [2.75, 3.05) is 19.8 Å². The van der Waals surface area contributed by atoms with Crippen molar-refractivity contribution in [1.29, 1.82) is 0 Å². The molecule has 1 unspecified atom stereocenters. The minimum Gasteiger partial charge on any atom is -0.462 e. The van der Waals surface area contributed by atoms with Gasteiger partial charge in [0.25, 0.3) is 0 Å². The molecule has 50 heavy (non-hydrogen) atoms. The highest BCUT2D eigenvalue weighted by Crippen LogP contribution is 2.11. The van der Waals surface area contributed by atoms with Gasteiger partial charge in [-0.3, -0.25) is 9.59 Å². The Hall–Kier alpha value is -2.66. The van der Waals surface area contributed by atoms with Crippen LogP contribution in [0, 0.1) is 0 Å². The summed E-state index contributed by atoms with van der Waals surface area (Å²) in [6.07, 6.45) is 50.7. The third-order valence-electron chi connectivity index (χ3n) is 8.24. The monoisotopic (exact) mass is 697 g/mol. The highest BCUT2D eigenvalue weighted by molar-refractivity contribution is 5.70. The van der Waals surface area contributed by atoms with E-state index < -0.39 is 6.10 Å². The molecule has 5 nitrogen and oxygen atoms in total. The minimum atomic E-state index is -0.551. The van der Waals surface area contributed by atoms with Crippen LogP contribution in [-0.4, -0.2) is 37.9 Å². The first-order chi connectivity index (χ1) is 24.6. The summed E-state index contributed by atoms with van der Waals surface area (Å²) in [6.45, 7) is 7.45. The van der Waals surface area contributed by atoms with Crippen LogP contribution < -0.4 is 0 Å². The van der Waals surface area contributed by atoms with Crippen LogP contribution in [0.15, 0.2) is 72.9 Å². The third-order valence-corrected chi connectivity index (χ3v) is 8.24. The highest BCUT2D eigenvalue weighted by Gasteiger charge is 2.17. The Bertz CT molecular complexity index is 926. The topological polar surface area (TPSA) is 61.8 Å². The quantitative estimate of drug-likeness (QED) is 0.0371. The first-order valence-corrected chi connectivity index (χ1v) is 20.5. The first kappa shape index (κ1) is 47.3. The summed E-state index contributed by atoms with van der Waals surface area (Å²) >= 11 is 0. The lowest BCUT2D eigenvalue weighted by atomic mass is 10.1. The molecule has 1 atom stereocenters. The molecule has 0 aromatic rings. The SMILES string of the molecule is CC/C=C\C/C=C\C/C=C\CCCCCCCCOCC(COC(=O)CCCCC/C=C\C/C=C\C/C=C\CC)OC(=O)CCCCCCC. The summed E-state index contributed by atoms with van der Waals surface area (Å²) in [5.74, 6) is -0.458. The van der Waals surface area contributed by atoms with Crippen molar-refractivity contribution in [2.45, 2.75) is 181 Å². The average molecular weight is 697 g/mol. The fourth-order valence-corrected chi connectivity index (χ4v) is 5.24. The van der Waals surface area contributed by atoms with Crippen LogP contribution in [0.25, 0.3) is 0 Å². The van der Waals surface area contributed by atoms with E-state index in [1.165, 1.54) is 38.5 Å². The number of unbranched alkanes of at least 4 members (excludes halogenated alkanes) is 13. The Morgan fingerprint density at radius 1 is 0.460 bits per heavy atom. The predicted molar refractivity (Wildman–Crippen MR) is 214 cm³/mol. The summed E-state index contributed by atoms with van der Waals surface area (Å²) in [5, 5.41) is 0. The van der Waals surface area contributed by atoms with Gasteiger partial charge >= 0.3 is 11.9 Å². The Morgan fingerprint density at radius 3 is 1.46 bits per heavy atom. The lowest BCUT2D eigenvalue weighted by molar-refractivity contribution is -0.163. The standard InChI is InChI=1S/C45H76O5/c1-4-7-10-13-15-17-19-21-22-23-25-27-29-31-34-37-40-48-41-43(50-45(47)39-36-32-12-9-6-3)42-49-44(46)38-35-33-30-28-26-24-20-18-16-14-11-8-5-2/h7-8,10-11,15-18,21-22,24,26,43H,4-6,9,12-14,19-20,23,25,27-42H2,1-3H3/b10-7-,11-8-,17-15-,18-16-,22-21-,26-24-. The molecule has 286 valence electrons.